The Morgan fingerprint density at radius 3 is 1.45 bits per heavy atom. The zero-order chi connectivity index (χ0) is 27.2. The minimum atomic E-state index is -1.17. The number of benzene rings is 4. The van der Waals surface area contributed by atoms with Crippen molar-refractivity contribution in [2.75, 3.05) is 7.11 Å². The van der Waals surface area contributed by atoms with Gasteiger partial charge in [0.1, 0.15) is 11.5 Å². The SMILES string of the molecule is COC(=O)[C@H](Cc1ccc(C(C)(C)C)cc1)NC(=O)C(c1ccccc1)(c1ccccc1)c1ccccc1. The van der Waals surface area contributed by atoms with E-state index in [1.165, 1.54) is 12.7 Å². The molecule has 0 aromatic heterocycles. The van der Waals surface area contributed by atoms with Crippen LogP contribution in [0.25, 0.3) is 0 Å². The quantitative estimate of drug-likeness (QED) is 0.229. The Morgan fingerprint density at radius 2 is 1.08 bits per heavy atom. The molecule has 1 amide bonds. The summed E-state index contributed by atoms with van der Waals surface area (Å²) >= 11 is 0. The maximum atomic E-state index is 14.6. The van der Waals surface area contributed by atoms with E-state index in [-0.39, 0.29) is 11.3 Å². The van der Waals surface area contributed by atoms with E-state index in [0.717, 1.165) is 22.3 Å². The van der Waals surface area contributed by atoms with Crippen LogP contribution in [-0.2, 0) is 31.6 Å². The molecule has 4 rings (SSSR count). The molecule has 0 heterocycles. The highest BCUT2D eigenvalue weighted by atomic mass is 16.5. The van der Waals surface area contributed by atoms with E-state index in [1.54, 1.807) is 0 Å². The number of esters is 1. The van der Waals surface area contributed by atoms with Gasteiger partial charge >= 0.3 is 5.97 Å². The summed E-state index contributed by atoms with van der Waals surface area (Å²) in [5.74, 6) is -0.774. The lowest BCUT2D eigenvalue weighted by Crippen LogP contribution is -2.52. The molecule has 1 atom stereocenters. The van der Waals surface area contributed by atoms with Crippen molar-refractivity contribution < 1.29 is 14.3 Å². The normalized spacial score (nSPS) is 12.4. The molecule has 4 aromatic carbocycles. The Bertz CT molecular complexity index is 1250. The van der Waals surface area contributed by atoms with Crippen LogP contribution in [0.4, 0.5) is 0 Å². The van der Waals surface area contributed by atoms with Gasteiger partial charge in [0.15, 0.2) is 0 Å². The van der Waals surface area contributed by atoms with Gasteiger partial charge in [0.05, 0.1) is 7.11 Å². The third-order valence-electron chi connectivity index (χ3n) is 7.01. The second kappa shape index (κ2) is 11.5. The molecule has 4 nitrogen and oxygen atoms in total. The third kappa shape index (κ3) is 5.55. The number of ether oxygens (including phenoxy) is 1. The van der Waals surface area contributed by atoms with E-state index in [0.29, 0.717) is 6.42 Å². The number of hydrogen-bond acceptors (Lipinski definition) is 3. The van der Waals surface area contributed by atoms with Crippen LogP contribution in [0.1, 0.15) is 48.6 Å². The van der Waals surface area contributed by atoms with Gasteiger partial charge in [0.2, 0.25) is 5.91 Å². The van der Waals surface area contributed by atoms with E-state index in [2.05, 4.69) is 38.2 Å². The van der Waals surface area contributed by atoms with Gasteiger partial charge in [-0.2, -0.15) is 0 Å². The molecular formula is C34H35NO3. The van der Waals surface area contributed by atoms with E-state index < -0.39 is 17.4 Å². The zero-order valence-electron chi connectivity index (χ0n) is 22.5. The van der Waals surface area contributed by atoms with Gasteiger partial charge in [-0.15, -0.1) is 0 Å². The Kier molecular flexibility index (Phi) is 8.11. The van der Waals surface area contributed by atoms with Crippen LogP contribution in [0, 0.1) is 0 Å². The highest BCUT2D eigenvalue weighted by Crippen LogP contribution is 2.39. The van der Waals surface area contributed by atoms with Gasteiger partial charge in [-0.25, -0.2) is 4.79 Å². The van der Waals surface area contributed by atoms with Crippen LogP contribution >= 0.6 is 0 Å². The topological polar surface area (TPSA) is 55.4 Å². The number of rotatable bonds is 8. The van der Waals surface area contributed by atoms with E-state index in [4.69, 9.17) is 4.74 Å². The Morgan fingerprint density at radius 1 is 0.658 bits per heavy atom. The summed E-state index contributed by atoms with van der Waals surface area (Å²) in [6.07, 6.45) is 0.317. The molecule has 0 aliphatic carbocycles. The molecule has 0 fully saturated rings. The lowest BCUT2D eigenvalue weighted by molar-refractivity contribution is -0.145. The van der Waals surface area contributed by atoms with Crippen LogP contribution in [-0.4, -0.2) is 25.0 Å². The zero-order valence-corrected chi connectivity index (χ0v) is 22.5. The molecule has 0 unspecified atom stereocenters. The first-order valence-electron chi connectivity index (χ1n) is 12.9. The first-order chi connectivity index (χ1) is 18.3. The monoisotopic (exact) mass is 505 g/mol. The van der Waals surface area contributed by atoms with Crippen molar-refractivity contribution in [1.82, 2.24) is 5.32 Å². The third-order valence-corrected chi connectivity index (χ3v) is 7.01. The summed E-state index contributed by atoms with van der Waals surface area (Å²) in [7, 11) is 1.35. The highest BCUT2D eigenvalue weighted by Gasteiger charge is 2.45. The van der Waals surface area contributed by atoms with Crippen LogP contribution < -0.4 is 5.32 Å². The average molecular weight is 506 g/mol. The van der Waals surface area contributed by atoms with Gasteiger partial charge in [0.25, 0.3) is 0 Å². The van der Waals surface area contributed by atoms with E-state index in [1.807, 2.05) is 103 Å². The summed E-state index contributed by atoms with van der Waals surface area (Å²) in [6.45, 7) is 6.49. The fourth-order valence-corrected chi connectivity index (χ4v) is 4.94. The number of hydrogen-bond donors (Lipinski definition) is 1. The summed E-state index contributed by atoms with van der Waals surface area (Å²) in [5, 5.41) is 3.08. The number of carbonyl (C=O) groups is 2. The number of carbonyl (C=O) groups excluding carboxylic acids is 2. The second-order valence-electron chi connectivity index (χ2n) is 10.5. The molecular weight excluding hydrogens is 470 g/mol. The number of nitrogens with one attached hydrogen (secondary N) is 1. The summed E-state index contributed by atoms with van der Waals surface area (Å²) in [4.78, 5) is 27.5. The minimum absolute atomic E-state index is 0.0230. The number of methoxy groups -OCH3 is 1. The van der Waals surface area contributed by atoms with Crippen molar-refractivity contribution in [3.05, 3.63) is 143 Å². The lowest BCUT2D eigenvalue weighted by atomic mass is 9.68. The molecule has 194 valence electrons. The molecule has 0 aliphatic rings. The molecule has 0 radical (unpaired) electrons. The minimum Gasteiger partial charge on any atom is -0.467 e. The van der Waals surface area contributed by atoms with Crippen molar-refractivity contribution in [3.8, 4) is 0 Å². The van der Waals surface area contributed by atoms with Gasteiger partial charge in [0, 0.05) is 6.42 Å². The van der Waals surface area contributed by atoms with Gasteiger partial charge in [-0.1, -0.05) is 136 Å². The number of amides is 1. The summed E-state index contributed by atoms with van der Waals surface area (Å²) < 4.78 is 5.14. The molecule has 4 aromatic rings. The Labute approximate surface area is 225 Å². The Balaban J connectivity index is 1.79. The maximum absolute atomic E-state index is 14.6. The van der Waals surface area contributed by atoms with Crippen LogP contribution in [0.2, 0.25) is 0 Å². The maximum Gasteiger partial charge on any atom is 0.328 e. The van der Waals surface area contributed by atoms with Crippen LogP contribution in [0.5, 0.6) is 0 Å². The average Bonchev–Trinajstić information content (AvgIpc) is 2.94. The molecule has 38 heavy (non-hydrogen) atoms. The van der Waals surface area contributed by atoms with Crippen molar-refractivity contribution in [3.63, 3.8) is 0 Å². The predicted octanol–water partition coefficient (Wildman–Crippen LogP) is 6.22. The molecule has 0 aliphatic heterocycles. The lowest BCUT2D eigenvalue weighted by Gasteiger charge is -2.35. The molecule has 0 saturated heterocycles. The molecule has 4 heteroatoms. The van der Waals surface area contributed by atoms with Gasteiger partial charge < -0.3 is 10.1 Å². The van der Waals surface area contributed by atoms with Crippen LogP contribution in [0.15, 0.2) is 115 Å². The fourth-order valence-electron chi connectivity index (χ4n) is 4.94. The first kappa shape index (κ1) is 26.9. The highest BCUT2D eigenvalue weighted by molar-refractivity contribution is 5.98. The standard InChI is InChI=1S/C34H35NO3/c1-33(2,3)26-22-20-25(21-23-26)24-30(31(36)38-4)35-32(37)34(27-14-8-5-9-15-27,28-16-10-6-11-17-28)29-18-12-7-13-19-29/h5-23,30H,24H2,1-4H3,(H,35,37)/t30-/m0/s1. The van der Waals surface area contributed by atoms with E-state index in [9.17, 15) is 9.59 Å². The predicted molar refractivity (Wildman–Crippen MR) is 152 cm³/mol. The van der Waals surface area contributed by atoms with Crippen molar-refractivity contribution in [2.45, 2.75) is 44.1 Å². The van der Waals surface area contributed by atoms with Crippen molar-refractivity contribution in [1.29, 1.82) is 0 Å². The fraction of sp³-hybridized carbons (Fsp3) is 0.235. The van der Waals surface area contributed by atoms with Gasteiger partial charge in [-0.3, -0.25) is 4.79 Å². The molecule has 0 bridgehead atoms. The largest absolute Gasteiger partial charge is 0.467 e. The summed E-state index contributed by atoms with van der Waals surface area (Å²) in [5.41, 5.74) is 3.44. The van der Waals surface area contributed by atoms with E-state index >= 15 is 0 Å². The van der Waals surface area contributed by atoms with Gasteiger partial charge in [-0.05, 0) is 33.2 Å². The molecule has 0 saturated carbocycles. The van der Waals surface area contributed by atoms with Crippen molar-refractivity contribution >= 4 is 11.9 Å². The molecule has 1 N–H and O–H groups in total. The molecule has 0 spiro atoms. The van der Waals surface area contributed by atoms with Crippen LogP contribution in [0.3, 0.4) is 0 Å². The second-order valence-corrected chi connectivity index (χ2v) is 10.5. The summed E-state index contributed by atoms with van der Waals surface area (Å²) in [6, 6.07) is 36.4. The van der Waals surface area contributed by atoms with Crippen molar-refractivity contribution in [2.24, 2.45) is 0 Å². The first-order valence-corrected chi connectivity index (χ1v) is 12.9. The Hall–Kier alpha value is -4.18. The smallest absolute Gasteiger partial charge is 0.328 e.